The SMILES string of the molecule is C=C(C)N1CCN(c2nc(CCCN3CCOCC3)c(C#N)c3c2CCN(Cc2ccccc2)C3)CC1.CC.CC. The summed E-state index contributed by atoms with van der Waals surface area (Å²) in [6, 6.07) is 13.2. The Bertz CT molecular complexity index is 1110. The van der Waals surface area contributed by atoms with Gasteiger partial charge in [0.25, 0.3) is 0 Å². The number of nitrogens with zero attached hydrogens (tertiary/aromatic N) is 6. The number of hydrogen-bond acceptors (Lipinski definition) is 7. The second-order valence-electron chi connectivity index (χ2n) is 10.5. The molecule has 7 heteroatoms. The van der Waals surface area contributed by atoms with Gasteiger partial charge in [-0.15, -0.1) is 0 Å². The molecule has 0 atom stereocenters. The van der Waals surface area contributed by atoms with Gasteiger partial charge in [0.2, 0.25) is 0 Å². The Morgan fingerprint density at radius 2 is 1.61 bits per heavy atom. The lowest BCUT2D eigenvalue weighted by Crippen LogP contribution is -2.46. The molecular formula is C34H52N6O. The molecule has 7 nitrogen and oxygen atoms in total. The van der Waals surface area contributed by atoms with Gasteiger partial charge in [-0.2, -0.15) is 5.26 Å². The monoisotopic (exact) mass is 560 g/mol. The Hall–Kier alpha value is -2.92. The van der Waals surface area contributed by atoms with Gasteiger partial charge in [0.05, 0.1) is 24.5 Å². The molecule has 2 aromatic rings. The van der Waals surface area contributed by atoms with E-state index in [1.807, 2.05) is 27.7 Å². The highest BCUT2D eigenvalue weighted by molar-refractivity contribution is 5.59. The molecule has 0 N–H and O–H groups in total. The minimum atomic E-state index is 0.810. The number of aryl methyl sites for hydroxylation is 1. The molecule has 2 fully saturated rings. The summed E-state index contributed by atoms with van der Waals surface area (Å²) in [5.41, 5.74) is 6.75. The predicted molar refractivity (Wildman–Crippen MR) is 170 cm³/mol. The zero-order valence-corrected chi connectivity index (χ0v) is 26.3. The third-order valence-corrected chi connectivity index (χ3v) is 8.00. The van der Waals surface area contributed by atoms with Gasteiger partial charge in [0, 0.05) is 70.2 Å². The number of aromatic nitrogens is 1. The predicted octanol–water partition coefficient (Wildman–Crippen LogP) is 5.48. The molecule has 0 unspecified atom stereocenters. The Morgan fingerprint density at radius 3 is 2.24 bits per heavy atom. The van der Waals surface area contributed by atoms with Crippen LogP contribution in [0.1, 0.15) is 69.0 Å². The molecule has 1 aromatic heterocycles. The molecule has 4 heterocycles. The van der Waals surface area contributed by atoms with Crippen LogP contribution in [-0.2, 0) is 30.7 Å². The largest absolute Gasteiger partial charge is 0.379 e. The highest BCUT2D eigenvalue weighted by Crippen LogP contribution is 2.33. The van der Waals surface area contributed by atoms with Crippen molar-refractivity contribution < 1.29 is 4.74 Å². The first kappa shape index (κ1) is 32.6. The highest BCUT2D eigenvalue weighted by atomic mass is 16.5. The maximum Gasteiger partial charge on any atom is 0.132 e. The van der Waals surface area contributed by atoms with Gasteiger partial charge in [-0.3, -0.25) is 9.80 Å². The normalized spacial score (nSPS) is 17.4. The first-order chi connectivity index (χ1) is 20.1. The molecule has 5 rings (SSSR count). The fourth-order valence-corrected chi connectivity index (χ4v) is 5.87. The number of allylic oxidation sites excluding steroid dienone is 1. The van der Waals surface area contributed by atoms with E-state index in [1.54, 1.807) is 0 Å². The highest BCUT2D eigenvalue weighted by Gasteiger charge is 2.29. The average molecular weight is 561 g/mol. The van der Waals surface area contributed by atoms with Crippen LogP contribution in [0.25, 0.3) is 0 Å². The Labute approximate surface area is 249 Å². The fourth-order valence-electron chi connectivity index (χ4n) is 5.87. The molecule has 0 radical (unpaired) electrons. The van der Waals surface area contributed by atoms with Crippen molar-refractivity contribution in [1.82, 2.24) is 19.7 Å². The number of anilines is 1. The van der Waals surface area contributed by atoms with Gasteiger partial charge in [-0.05, 0) is 43.9 Å². The van der Waals surface area contributed by atoms with Crippen molar-refractivity contribution in [2.45, 2.75) is 67.0 Å². The third kappa shape index (κ3) is 8.78. The average Bonchev–Trinajstić information content (AvgIpc) is 3.03. The van der Waals surface area contributed by atoms with Gasteiger partial charge >= 0.3 is 0 Å². The topological polar surface area (TPSA) is 58.9 Å². The maximum atomic E-state index is 10.3. The Morgan fingerprint density at radius 1 is 0.927 bits per heavy atom. The van der Waals surface area contributed by atoms with E-state index in [1.165, 1.54) is 16.7 Å². The lowest BCUT2D eigenvalue weighted by molar-refractivity contribution is 0.0374. The standard InChI is InChI=1S/C30H40N6O.2C2H6/c1-24(2)35-13-15-36(16-14-35)30-26-10-12-34(22-25-7-4-3-5-8-25)23-28(26)27(21-31)29(32-30)9-6-11-33-17-19-37-20-18-33;2*1-2/h3-5,7-8H,1,6,9-20,22-23H2,2H3;2*1-2H3. The number of rotatable bonds is 8. The molecule has 41 heavy (non-hydrogen) atoms. The van der Waals surface area contributed by atoms with E-state index < -0.39 is 0 Å². The quantitative estimate of drug-likeness (QED) is 0.424. The van der Waals surface area contributed by atoms with Crippen molar-refractivity contribution >= 4 is 5.82 Å². The first-order valence-electron chi connectivity index (χ1n) is 15.8. The van der Waals surface area contributed by atoms with E-state index in [0.29, 0.717) is 0 Å². The first-order valence-corrected chi connectivity index (χ1v) is 15.8. The van der Waals surface area contributed by atoms with Crippen LogP contribution in [0.5, 0.6) is 0 Å². The lowest BCUT2D eigenvalue weighted by Gasteiger charge is -2.39. The van der Waals surface area contributed by atoms with Gasteiger partial charge in [0.15, 0.2) is 0 Å². The maximum absolute atomic E-state index is 10.3. The van der Waals surface area contributed by atoms with Crippen LogP contribution < -0.4 is 4.90 Å². The van der Waals surface area contributed by atoms with Crippen LogP contribution in [-0.4, -0.2) is 85.3 Å². The van der Waals surface area contributed by atoms with Gasteiger partial charge in [-0.1, -0.05) is 64.6 Å². The van der Waals surface area contributed by atoms with Crippen LogP contribution in [0.2, 0.25) is 0 Å². The van der Waals surface area contributed by atoms with E-state index >= 15 is 0 Å². The molecule has 0 aliphatic carbocycles. The second kappa shape index (κ2) is 17.1. The molecule has 2 saturated heterocycles. The van der Waals surface area contributed by atoms with Crippen LogP contribution in [0.4, 0.5) is 5.82 Å². The smallest absolute Gasteiger partial charge is 0.132 e. The summed E-state index contributed by atoms with van der Waals surface area (Å²) in [6.45, 7) is 25.4. The van der Waals surface area contributed by atoms with Gasteiger partial charge < -0.3 is 14.5 Å². The van der Waals surface area contributed by atoms with Crippen LogP contribution in [0.3, 0.4) is 0 Å². The van der Waals surface area contributed by atoms with Crippen molar-refractivity contribution in [2.75, 3.05) is 70.5 Å². The summed E-state index contributed by atoms with van der Waals surface area (Å²) >= 11 is 0. The number of hydrogen-bond donors (Lipinski definition) is 0. The molecule has 3 aliphatic rings. The molecule has 0 saturated carbocycles. The fraction of sp³-hybridized carbons (Fsp3) is 0.588. The van der Waals surface area contributed by atoms with Crippen molar-refractivity contribution in [1.29, 1.82) is 5.26 Å². The van der Waals surface area contributed by atoms with Gasteiger partial charge in [-0.25, -0.2) is 4.98 Å². The van der Waals surface area contributed by atoms with E-state index in [2.05, 4.69) is 69.5 Å². The van der Waals surface area contributed by atoms with E-state index in [-0.39, 0.29) is 0 Å². The summed E-state index contributed by atoms with van der Waals surface area (Å²) in [5.74, 6) is 1.12. The molecule has 224 valence electrons. The van der Waals surface area contributed by atoms with Crippen molar-refractivity contribution in [3.8, 4) is 6.07 Å². The Kier molecular flexibility index (Phi) is 13.6. The van der Waals surface area contributed by atoms with Crippen molar-refractivity contribution in [2.24, 2.45) is 0 Å². The van der Waals surface area contributed by atoms with E-state index in [9.17, 15) is 5.26 Å². The van der Waals surface area contributed by atoms with E-state index in [4.69, 9.17) is 9.72 Å². The molecular weight excluding hydrogens is 508 g/mol. The summed E-state index contributed by atoms with van der Waals surface area (Å²) in [4.78, 5) is 15.0. The minimum absolute atomic E-state index is 0.810. The number of pyridine rings is 1. The number of nitriles is 1. The van der Waals surface area contributed by atoms with Gasteiger partial charge in [0.1, 0.15) is 11.9 Å². The lowest BCUT2D eigenvalue weighted by atomic mass is 9.92. The van der Waals surface area contributed by atoms with Crippen LogP contribution >= 0.6 is 0 Å². The van der Waals surface area contributed by atoms with E-state index in [0.717, 1.165) is 121 Å². The molecule has 0 spiro atoms. The zero-order valence-electron chi connectivity index (χ0n) is 26.3. The number of morpholine rings is 1. The van der Waals surface area contributed by atoms with Crippen LogP contribution in [0.15, 0.2) is 42.6 Å². The molecule has 3 aliphatic heterocycles. The summed E-state index contributed by atoms with van der Waals surface area (Å²) in [5, 5.41) is 10.3. The van der Waals surface area contributed by atoms with Crippen LogP contribution in [0, 0.1) is 11.3 Å². The van der Waals surface area contributed by atoms with Crippen molar-refractivity contribution in [3.05, 3.63) is 70.6 Å². The number of benzene rings is 1. The summed E-state index contributed by atoms with van der Waals surface area (Å²) in [6.07, 6.45) is 2.79. The second-order valence-corrected chi connectivity index (χ2v) is 10.5. The number of ether oxygens (including phenoxy) is 1. The molecule has 1 aromatic carbocycles. The zero-order chi connectivity index (χ0) is 29.6. The number of piperazine rings is 1. The minimum Gasteiger partial charge on any atom is -0.379 e. The summed E-state index contributed by atoms with van der Waals surface area (Å²) < 4.78 is 5.50. The molecule has 0 bridgehead atoms. The Balaban J connectivity index is 0.00000111. The number of fused-ring (bicyclic) bond motifs is 1. The molecule has 0 amide bonds. The summed E-state index contributed by atoms with van der Waals surface area (Å²) in [7, 11) is 0. The third-order valence-electron chi connectivity index (χ3n) is 8.00. The van der Waals surface area contributed by atoms with Crippen molar-refractivity contribution in [3.63, 3.8) is 0 Å².